The molecular weight excluding hydrogens is 200 g/mol. The topological polar surface area (TPSA) is 55.1 Å². The summed E-state index contributed by atoms with van der Waals surface area (Å²) in [6.45, 7) is 0.844. The van der Waals surface area contributed by atoms with E-state index in [9.17, 15) is 4.79 Å². The van der Waals surface area contributed by atoms with E-state index in [1.54, 1.807) is 0 Å². The molecule has 0 heterocycles. The van der Waals surface area contributed by atoms with Gasteiger partial charge in [-0.25, -0.2) is 0 Å². The summed E-state index contributed by atoms with van der Waals surface area (Å²) < 4.78 is 0. The molecule has 3 N–H and O–H groups in total. The second-order valence-corrected chi connectivity index (χ2v) is 5.53. The van der Waals surface area contributed by atoms with Crippen molar-refractivity contribution in [1.82, 2.24) is 5.32 Å². The number of hydrogen-bond acceptors (Lipinski definition) is 2. The molecule has 2 fully saturated rings. The van der Waals surface area contributed by atoms with Crippen LogP contribution in [-0.4, -0.2) is 18.5 Å². The standard InChI is InChI=1S/C13H24N2O/c14-12(8-10-4-2-1-3-5-10)13(16)15-9-11-6-7-11/h10-12H,1-9,14H2,(H,15,16). The predicted molar refractivity (Wildman–Crippen MR) is 64.9 cm³/mol. The molecule has 2 saturated carbocycles. The highest BCUT2D eigenvalue weighted by Crippen LogP contribution is 2.28. The van der Waals surface area contributed by atoms with Crippen LogP contribution < -0.4 is 11.1 Å². The minimum Gasteiger partial charge on any atom is -0.354 e. The van der Waals surface area contributed by atoms with Crippen molar-refractivity contribution in [3.63, 3.8) is 0 Å². The molecule has 16 heavy (non-hydrogen) atoms. The molecule has 2 aliphatic rings. The monoisotopic (exact) mass is 224 g/mol. The number of nitrogens with two attached hydrogens (primary N) is 1. The van der Waals surface area contributed by atoms with Gasteiger partial charge in [-0.1, -0.05) is 32.1 Å². The van der Waals surface area contributed by atoms with E-state index in [1.807, 2.05) is 0 Å². The Hall–Kier alpha value is -0.570. The predicted octanol–water partition coefficient (Wildman–Crippen LogP) is 1.81. The Labute approximate surface area is 98.2 Å². The molecule has 3 nitrogen and oxygen atoms in total. The average molecular weight is 224 g/mol. The first-order valence-electron chi connectivity index (χ1n) is 6.79. The summed E-state index contributed by atoms with van der Waals surface area (Å²) in [5, 5.41) is 2.97. The normalized spacial score (nSPS) is 24.1. The summed E-state index contributed by atoms with van der Waals surface area (Å²) >= 11 is 0. The van der Waals surface area contributed by atoms with Gasteiger partial charge in [-0.15, -0.1) is 0 Å². The Morgan fingerprint density at radius 2 is 1.81 bits per heavy atom. The largest absolute Gasteiger partial charge is 0.354 e. The maximum atomic E-state index is 11.7. The van der Waals surface area contributed by atoms with Crippen LogP contribution in [0.2, 0.25) is 0 Å². The van der Waals surface area contributed by atoms with E-state index in [0.29, 0.717) is 5.92 Å². The van der Waals surface area contributed by atoms with Crippen LogP contribution in [0.5, 0.6) is 0 Å². The van der Waals surface area contributed by atoms with Gasteiger partial charge < -0.3 is 11.1 Å². The van der Waals surface area contributed by atoms with Crippen LogP contribution in [0, 0.1) is 11.8 Å². The summed E-state index contributed by atoms with van der Waals surface area (Å²) in [6.07, 6.45) is 9.97. The summed E-state index contributed by atoms with van der Waals surface area (Å²) in [5.74, 6) is 1.50. The molecule has 0 aliphatic heterocycles. The average Bonchev–Trinajstić information content (AvgIpc) is 3.11. The molecule has 2 rings (SSSR count). The lowest BCUT2D eigenvalue weighted by molar-refractivity contribution is -0.122. The van der Waals surface area contributed by atoms with Gasteiger partial charge in [0.05, 0.1) is 6.04 Å². The van der Waals surface area contributed by atoms with Gasteiger partial charge in [-0.3, -0.25) is 4.79 Å². The molecule has 92 valence electrons. The number of hydrogen-bond donors (Lipinski definition) is 2. The van der Waals surface area contributed by atoms with Crippen molar-refractivity contribution >= 4 is 5.91 Å². The summed E-state index contributed by atoms with van der Waals surface area (Å²) in [7, 11) is 0. The third-order valence-corrected chi connectivity index (χ3v) is 3.91. The van der Waals surface area contributed by atoms with Crippen LogP contribution in [0.4, 0.5) is 0 Å². The lowest BCUT2D eigenvalue weighted by atomic mass is 9.85. The Morgan fingerprint density at radius 1 is 1.12 bits per heavy atom. The van der Waals surface area contributed by atoms with Gasteiger partial charge in [-0.2, -0.15) is 0 Å². The fourth-order valence-electron chi connectivity index (χ4n) is 2.59. The van der Waals surface area contributed by atoms with Crippen molar-refractivity contribution in [2.75, 3.05) is 6.54 Å². The smallest absolute Gasteiger partial charge is 0.236 e. The molecule has 0 bridgehead atoms. The Balaban J connectivity index is 1.64. The zero-order chi connectivity index (χ0) is 11.4. The lowest BCUT2D eigenvalue weighted by Crippen LogP contribution is -2.42. The Bertz CT molecular complexity index is 232. The number of amides is 1. The number of carbonyl (C=O) groups excluding carboxylic acids is 1. The van der Waals surface area contributed by atoms with Crippen LogP contribution in [0.15, 0.2) is 0 Å². The lowest BCUT2D eigenvalue weighted by Gasteiger charge is -2.24. The maximum Gasteiger partial charge on any atom is 0.236 e. The Kier molecular flexibility index (Phi) is 4.22. The fraction of sp³-hybridized carbons (Fsp3) is 0.923. The van der Waals surface area contributed by atoms with Crippen molar-refractivity contribution in [3.8, 4) is 0 Å². The quantitative estimate of drug-likeness (QED) is 0.748. The van der Waals surface area contributed by atoms with E-state index in [4.69, 9.17) is 5.73 Å². The third-order valence-electron chi connectivity index (χ3n) is 3.91. The molecule has 0 saturated heterocycles. The first-order valence-corrected chi connectivity index (χ1v) is 6.79. The zero-order valence-corrected chi connectivity index (χ0v) is 10.1. The molecule has 0 spiro atoms. The van der Waals surface area contributed by atoms with Crippen LogP contribution in [0.1, 0.15) is 51.4 Å². The van der Waals surface area contributed by atoms with Crippen LogP contribution in [-0.2, 0) is 4.79 Å². The second kappa shape index (κ2) is 5.67. The van der Waals surface area contributed by atoms with Gasteiger partial charge in [0.2, 0.25) is 5.91 Å². The molecule has 0 radical (unpaired) electrons. The van der Waals surface area contributed by atoms with Gasteiger partial charge in [0.15, 0.2) is 0 Å². The minimum absolute atomic E-state index is 0.0671. The number of carbonyl (C=O) groups is 1. The summed E-state index contributed by atoms with van der Waals surface area (Å²) in [4.78, 5) is 11.7. The molecule has 1 amide bonds. The molecular formula is C13H24N2O. The van der Waals surface area contributed by atoms with Crippen LogP contribution in [0.25, 0.3) is 0 Å². The molecule has 1 unspecified atom stereocenters. The van der Waals surface area contributed by atoms with Crippen molar-refractivity contribution in [1.29, 1.82) is 0 Å². The molecule has 3 heteroatoms. The van der Waals surface area contributed by atoms with Crippen LogP contribution in [0.3, 0.4) is 0 Å². The summed E-state index contributed by atoms with van der Waals surface area (Å²) in [5.41, 5.74) is 5.94. The number of nitrogens with one attached hydrogen (secondary N) is 1. The van der Waals surface area contributed by atoms with Gasteiger partial charge in [-0.05, 0) is 31.1 Å². The highest BCUT2D eigenvalue weighted by molar-refractivity contribution is 5.81. The highest BCUT2D eigenvalue weighted by Gasteiger charge is 2.24. The molecule has 1 atom stereocenters. The van der Waals surface area contributed by atoms with Crippen molar-refractivity contribution in [3.05, 3.63) is 0 Å². The fourth-order valence-corrected chi connectivity index (χ4v) is 2.59. The van der Waals surface area contributed by atoms with Crippen molar-refractivity contribution in [2.45, 2.75) is 57.4 Å². The van der Waals surface area contributed by atoms with Gasteiger partial charge >= 0.3 is 0 Å². The van der Waals surface area contributed by atoms with E-state index in [-0.39, 0.29) is 11.9 Å². The molecule has 2 aliphatic carbocycles. The highest BCUT2D eigenvalue weighted by atomic mass is 16.2. The molecule has 0 aromatic rings. The minimum atomic E-state index is -0.276. The second-order valence-electron chi connectivity index (χ2n) is 5.53. The van der Waals surface area contributed by atoms with Gasteiger partial charge in [0.25, 0.3) is 0 Å². The van der Waals surface area contributed by atoms with E-state index < -0.39 is 0 Å². The number of rotatable bonds is 5. The zero-order valence-electron chi connectivity index (χ0n) is 10.1. The van der Waals surface area contributed by atoms with Crippen molar-refractivity contribution in [2.24, 2.45) is 17.6 Å². The SMILES string of the molecule is NC(CC1CCCCC1)C(=O)NCC1CC1. The van der Waals surface area contributed by atoms with Gasteiger partial charge in [0, 0.05) is 6.54 Å². The molecule has 0 aromatic carbocycles. The summed E-state index contributed by atoms with van der Waals surface area (Å²) in [6, 6.07) is -0.276. The first-order chi connectivity index (χ1) is 7.75. The van der Waals surface area contributed by atoms with Crippen LogP contribution >= 0.6 is 0 Å². The van der Waals surface area contributed by atoms with Gasteiger partial charge in [0.1, 0.15) is 0 Å². The van der Waals surface area contributed by atoms with E-state index in [1.165, 1.54) is 44.9 Å². The van der Waals surface area contributed by atoms with E-state index in [2.05, 4.69) is 5.32 Å². The molecule has 0 aromatic heterocycles. The first kappa shape index (κ1) is 11.9. The van der Waals surface area contributed by atoms with Crippen molar-refractivity contribution < 1.29 is 4.79 Å². The van der Waals surface area contributed by atoms with E-state index in [0.717, 1.165) is 18.9 Å². The third kappa shape index (κ3) is 3.78. The Morgan fingerprint density at radius 3 is 2.44 bits per heavy atom. The maximum absolute atomic E-state index is 11.7. The van der Waals surface area contributed by atoms with E-state index >= 15 is 0 Å².